The third-order valence-electron chi connectivity index (χ3n) is 4.09. The Morgan fingerprint density at radius 3 is 2.59 bits per heavy atom. The monoisotopic (exact) mass is 296 g/mol. The Balaban J connectivity index is 2.21. The van der Waals surface area contributed by atoms with E-state index in [-0.39, 0.29) is 5.41 Å². The lowest BCUT2D eigenvalue weighted by Gasteiger charge is -2.41. The summed E-state index contributed by atoms with van der Waals surface area (Å²) in [6, 6.07) is 8.64. The second-order valence-corrected chi connectivity index (χ2v) is 5.84. The molecule has 1 aromatic rings. The molecule has 0 amide bonds. The largest absolute Gasteiger partial charge is 0.330 e. The molecular weight excluding hydrogens is 276 g/mol. The molecule has 0 bridgehead atoms. The molecule has 0 radical (unpaired) electrons. The van der Waals surface area contributed by atoms with E-state index < -0.39 is 0 Å². The minimum absolute atomic E-state index is 0.190. The molecule has 94 valence electrons. The van der Waals surface area contributed by atoms with Gasteiger partial charge in [0.05, 0.1) is 0 Å². The fourth-order valence-corrected chi connectivity index (χ4v) is 3.13. The quantitative estimate of drug-likeness (QED) is 0.929. The summed E-state index contributed by atoms with van der Waals surface area (Å²) in [5.74, 6) is 0. The van der Waals surface area contributed by atoms with Crippen LogP contribution in [0.2, 0.25) is 0 Å². The average molecular weight is 297 g/mol. The van der Waals surface area contributed by atoms with E-state index in [2.05, 4.69) is 52.0 Å². The van der Waals surface area contributed by atoms with E-state index in [1.165, 1.54) is 31.5 Å². The van der Waals surface area contributed by atoms with Crippen LogP contribution < -0.4 is 5.73 Å². The predicted octanol–water partition coefficient (Wildman–Crippen LogP) is 2.76. The molecule has 1 fully saturated rings. The number of rotatable bonds is 3. The van der Waals surface area contributed by atoms with Crippen molar-refractivity contribution in [2.75, 3.05) is 26.2 Å². The number of benzene rings is 1. The summed E-state index contributed by atoms with van der Waals surface area (Å²) >= 11 is 3.56. The molecule has 0 spiro atoms. The Kier molecular flexibility index (Phi) is 4.23. The van der Waals surface area contributed by atoms with Crippen LogP contribution in [0, 0.1) is 0 Å². The standard InChI is InChI=1S/C14H21BrN2/c1-2-17-8-6-14(11-16,7-9-17)12-4-3-5-13(15)10-12/h3-5,10H,2,6-9,11,16H2,1H3. The van der Waals surface area contributed by atoms with Gasteiger partial charge in [-0.2, -0.15) is 0 Å². The van der Waals surface area contributed by atoms with Gasteiger partial charge in [-0.25, -0.2) is 0 Å². The fraction of sp³-hybridized carbons (Fsp3) is 0.571. The zero-order valence-electron chi connectivity index (χ0n) is 10.5. The first-order chi connectivity index (χ1) is 8.20. The maximum absolute atomic E-state index is 6.07. The minimum atomic E-state index is 0.190. The van der Waals surface area contributed by atoms with Crippen molar-refractivity contribution in [2.45, 2.75) is 25.2 Å². The number of nitrogens with two attached hydrogens (primary N) is 1. The van der Waals surface area contributed by atoms with Crippen LogP contribution in [-0.2, 0) is 5.41 Å². The third kappa shape index (κ3) is 2.72. The number of halogens is 1. The van der Waals surface area contributed by atoms with Crippen LogP contribution >= 0.6 is 15.9 Å². The van der Waals surface area contributed by atoms with Crippen molar-refractivity contribution in [3.8, 4) is 0 Å². The fourth-order valence-electron chi connectivity index (χ4n) is 2.73. The van der Waals surface area contributed by atoms with Gasteiger partial charge in [0.2, 0.25) is 0 Å². The first-order valence-corrected chi connectivity index (χ1v) is 7.18. The van der Waals surface area contributed by atoms with Gasteiger partial charge < -0.3 is 10.6 Å². The second kappa shape index (κ2) is 5.51. The molecule has 2 N–H and O–H groups in total. The molecule has 17 heavy (non-hydrogen) atoms. The van der Waals surface area contributed by atoms with E-state index >= 15 is 0 Å². The van der Waals surface area contributed by atoms with E-state index in [4.69, 9.17) is 5.73 Å². The van der Waals surface area contributed by atoms with E-state index in [1.807, 2.05) is 0 Å². The zero-order chi connectivity index (χ0) is 12.3. The lowest BCUT2D eigenvalue weighted by atomic mass is 9.73. The van der Waals surface area contributed by atoms with Gasteiger partial charge >= 0.3 is 0 Å². The summed E-state index contributed by atoms with van der Waals surface area (Å²) in [4.78, 5) is 2.51. The molecule has 2 rings (SSSR count). The molecule has 1 aliphatic rings. The molecule has 0 unspecified atom stereocenters. The number of nitrogens with zero attached hydrogens (tertiary/aromatic N) is 1. The van der Waals surface area contributed by atoms with Gasteiger partial charge in [-0.3, -0.25) is 0 Å². The molecular formula is C14H21BrN2. The first kappa shape index (κ1) is 13.1. The first-order valence-electron chi connectivity index (χ1n) is 6.39. The highest BCUT2D eigenvalue weighted by Gasteiger charge is 2.34. The molecule has 1 aliphatic heterocycles. The summed E-state index contributed by atoms with van der Waals surface area (Å²) in [6.45, 7) is 6.47. The van der Waals surface area contributed by atoms with Gasteiger partial charge in [-0.05, 0) is 50.2 Å². The Morgan fingerprint density at radius 2 is 2.06 bits per heavy atom. The number of likely N-dealkylation sites (tertiary alicyclic amines) is 1. The molecule has 0 aliphatic carbocycles. The summed E-state index contributed by atoms with van der Waals surface area (Å²) < 4.78 is 1.15. The van der Waals surface area contributed by atoms with Crippen LogP contribution in [0.3, 0.4) is 0 Å². The van der Waals surface area contributed by atoms with E-state index in [0.717, 1.165) is 17.6 Å². The highest BCUT2D eigenvalue weighted by molar-refractivity contribution is 9.10. The maximum Gasteiger partial charge on any atom is 0.0178 e. The van der Waals surface area contributed by atoms with Crippen molar-refractivity contribution < 1.29 is 0 Å². The summed E-state index contributed by atoms with van der Waals surface area (Å²) in [5.41, 5.74) is 7.66. The van der Waals surface area contributed by atoms with Crippen molar-refractivity contribution in [1.82, 2.24) is 4.90 Å². The van der Waals surface area contributed by atoms with Gasteiger partial charge in [0.15, 0.2) is 0 Å². The van der Waals surface area contributed by atoms with Gasteiger partial charge in [-0.1, -0.05) is 35.0 Å². The van der Waals surface area contributed by atoms with Gasteiger partial charge in [0.25, 0.3) is 0 Å². The van der Waals surface area contributed by atoms with Gasteiger partial charge in [0, 0.05) is 16.4 Å². The van der Waals surface area contributed by atoms with Crippen LogP contribution in [0.5, 0.6) is 0 Å². The van der Waals surface area contributed by atoms with Gasteiger partial charge in [-0.15, -0.1) is 0 Å². The topological polar surface area (TPSA) is 29.3 Å². The SMILES string of the molecule is CCN1CCC(CN)(c2cccc(Br)c2)CC1. The molecule has 1 aromatic carbocycles. The Morgan fingerprint density at radius 1 is 1.35 bits per heavy atom. The van der Waals surface area contributed by atoms with Crippen LogP contribution in [-0.4, -0.2) is 31.1 Å². The molecule has 0 atom stereocenters. The van der Waals surface area contributed by atoms with E-state index in [0.29, 0.717) is 0 Å². The Hall–Kier alpha value is -0.380. The van der Waals surface area contributed by atoms with E-state index in [1.54, 1.807) is 0 Å². The molecule has 1 heterocycles. The normalized spacial score (nSPS) is 20.4. The van der Waals surface area contributed by atoms with Crippen molar-refractivity contribution in [2.24, 2.45) is 5.73 Å². The van der Waals surface area contributed by atoms with Crippen molar-refractivity contribution >= 4 is 15.9 Å². The molecule has 3 heteroatoms. The predicted molar refractivity (Wildman–Crippen MR) is 76.2 cm³/mol. The number of piperidine rings is 1. The summed E-state index contributed by atoms with van der Waals surface area (Å²) in [7, 11) is 0. The van der Waals surface area contributed by atoms with Crippen molar-refractivity contribution in [3.05, 3.63) is 34.3 Å². The lowest BCUT2D eigenvalue weighted by molar-refractivity contribution is 0.169. The smallest absolute Gasteiger partial charge is 0.0178 e. The zero-order valence-corrected chi connectivity index (χ0v) is 12.0. The number of hydrogen-bond donors (Lipinski definition) is 1. The van der Waals surface area contributed by atoms with Crippen LogP contribution in [0.25, 0.3) is 0 Å². The highest BCUT2D eigenvalue weighted by Crippen LogP contribution is 2.35. The van der Waals surface area contributed by atoms with Crippen LogP contribution in [0.4, 0.5) is 0 Å². The van der Waals surface area contributed by atoms with E-state index in [9.17, 15) is 0 Å². The number of hydrogen-bond acceptors (Lipinski definition) is 2. The lowest BCUT2D eigenvalue weighted by Crippen LogP contribution is -2.46. The van der Waals surface area contributed by atoms with Crippen molar-refractivity contribution in [1.29, 1.82) is 0 Å². The van der Waals surface area contributed by atoms with Crippen LogP contribution in [0.1, 0.15) is 25.3 Å². The molecule has 0 saturated carbocycles. The van der Waals surface area contributed by atoms with Crippen molar-refractivity contribution in [3.63, 3.8) is 0 Å². The molecule has 1 saturated heterocycles. The Bertz CT molecular complexity index is 370. The third-order valence-corrected chi connectivity index (χ3v) is 4.58. The molecule has 0 aromatic heterocycles. The van der Waals surface area contributed by atoms with Crippen LogP contribution in [0.15, 0.2) is 28.7 Å². The average Bonchev–Trinajstić information content (AvgIpc) is 2.39. The summed E-state index contributed by atoms with van der Waals surface area (Å²) in [6.07, 6.45) is 2.35. The summed E-state index contributed by atoms with van der Waals surface area (Å²) in [5, 5.41) is 0. The Labute approximate surface area is 112 Å². The van der Waals surface area contributed by atoms with Gasteiger partial charge in [0.1, 0.15) is 0 Å². The molecule has 2 nitrogen and oxygen atoms in total. The maximum atomic E-state index is 6.07. The minimum Gasteiger partial charge on any atom is -0.330 e. The highest BCUT2D eigenvalue weighted by atomic mass is 79.9. The second-order valence-electron chi connectivity index (χ2n) is 4.93.